The number of aromatic hydroxyl groups is 1. The Bertz CT molecular complexity index is 829. The van der Waals surface area contributed by atoms with Gasteiger partial charge in [0.1, 0.15) is 16.4 Å². The molecule has 0 aliphatic rings. The van der Waals surface area contributed by atoms with E-state index in [1.807, 2.05) is 20.8 Å². The fraction of sp³-hybridized carbons (Fsp3) is 0.333. The van der Waals surface area contributed by atoms with Crippen LogP contribution in [0.4, 0.5) is 5.69 Å². The third-order valence-electron chi connectivity index (χ3n) is 3.69. The van der Waals surface area contributed by atoms with Gasteiger partial charge < -0.3 is 9.84 Å². The van der Waals surface area contributed by atoms with Gasteiger partial charge in [0.15, 0.2) is 0 Å². The van der Waals surface area contributed by atoms with Crippen molar-refractivity contribution in [2.24, 2.45) is 0 Å². The second-order valence-electron chi connectivity index (χ2n) is 5.87. The second-order valence-corrected chi connectivity index (χ2v) is 7.52. The molecule has 0 aliphatic carbocycles. The van der Waals surface area contributed by atoms with Gasteiger partial charge in [-0.15, -0.1) is 0 Å². The van der Waals surface area contributed by atoms with Gasteiger partial charge in [0.2, 0.25) is 0 Å². The van der Waals surface area contributed by atoms with E-state index in [0.29, 0.717) is 12.4 Å². The molecule has 0 aliphatic heterocycles. The van der Waals surface area contributed by atoms with Crippen molar-refractivity contribution in [1.82, 2.24) is 0 Å². The molecule has 0 heterocycles. The molecule has 2 aromatic rings. The number of anilines is 1. The number of ether oxygens (including phenoxy) is 1. The van der Waals surface area contributed by atoms with Gasteiger partial charge in [0.25, 0.3) is 10.0 Å². The van der Waals surface area contributed by atoms with Crippen LogP contribution in [0.15, 0.2) is 41.3 Å². The van der Waals surface area contributed by atoms with Crippen LogP contribution in [-0.4, -0.2) is 20.1 Å². The number of nitrogens with one attached hydrogen (secondary N) is 1. The van der Waals surface area contributed by atoms with Gasteiger partial charge in [0.05, 0.1) is 12.3 Å². The first-order valence-electron chi connectivity index (χ1n) is 7.84. The Hall–Kier alpha value is -2.21. The molecule has 0 unspecified atom stereocenters. The van der Waals surface area contributed by atoms with Crippen molar-refractivity contribution >= 4 is 15.7 Å². The van der Waals surface area contributed by atoms with Crippen molar-refractivity contribution in [3.63, 3.8) is 0 Å². The molecule has 0 saturated heterocycles. The molecule has 130 valence electrons. The maximum absolute atomic E-state index is 12.8. The van der Waals surface area contributed by atoms with E-state index in [4.69, 9.17) is 4.74 Å². The fourth-order valence-corrected chi connectivity index (χ4v) is 3.77. The van der Waals surface area contributed by atoms with Gasteiger partial charge in [-0.3, -0.25) is 4.72 Å². The topological polar surface area (TPSA) is 75.6 Å². The summed E-state index contributed by atoms with van der Waals surface area (Å²) < 4.78 is 33.6. The summed E-state index contributed by atoms with van der Waals surface area (Å²) in [6.07, 6.45) is 0. The number of hydrogen-bond donors (Lipinski definition) is 2. The first-order chi connectivity index (χ1) is 11.3. The Kier molecular flexibility index (Phi) is 5.39. The number of benzene rings is 2. The van der Waals surface area contributed by atoms with Gasteiger partial charge in [-0.1, -0.05) is 26.0 Å². The molecule has 6 heteroatoms. The number of hydrogen-bond acceptors (Lipinski definition) is 4. The average Bonchev–Trinajstić information content (AvgIpc) is 2.49. The number of sulfonamides is 1. The third kappa shape index (κ3) is 3.82. The largest absolute Gasteiger partial charge is 0.506 e. The van der Waals surface area contributed by atoms with E-state index in [0.717, 1.165) is 11.1 Å². The molecule has 0 spiro atoms. The predicted molar refractivity (Wildman–Crippen MR) is 95.4 cm³/mol. The van der Waals surface area contributed by atoms with Crippen molar-refractivity contribution < 1.29 is 18.3 Å². The Morgan fingerprint density at radius 3 is 2.46 bits per heavy atom. The summed E-state index contributed by atoms with van der Waals surface area (Å²) in [5.74, 6) is 0.359. The van der Waals surface area contributed by atoms with E-state index in [-0.39, 0.29) is 22.3 Å². The van der Waals surface area contributed by atoms with Gasteiger partial charge >= 0.3 is 0 Å². The summed E-state index contributed by atoms with van der Waals surface area (Å²) in [5.41, 5.74) is 2.05. The molecule has 24 heavy (non-hydrogen) atoms. The quantitative estimate of drug-likeness (QED) is 0.772. The van der Waals surface area contributed by atoms with E-state index in [1.165, 1.54) is 12.1 Å². The number of phenolic OH excluding ortho intramolecular Hbond substituents is 1. The van der Waals surface area contributed by atoms with Crippen LogP contribution in [0, 0.1) is 6.92 Å². The van der Waals surface area contributed by atoms with E-state index in [1.54, 1.807) is 31.2 Å². The summed E-state index contributed by atoms with van der Waals surface area (Å²) in [5, 5.41) is 9.82. The van der Waals surface area contributed by atoms with Crippen LogP contribution in [0.25, 0.3) is 0 Å². The van der Waals surface area contributed by atoms with Crippen LogP contribution in [0.3, 0.4) is 0 Å². The highest BCUT2D eigenvalue weighted by Crippen LogP contribution is 2.33. The molecule has 2 aromatic carbocycles. The average molecular weight is 349 g/mol. The van der Waals surface area contributed by atoms with E-state index < -0.39 is 10.0 Å². The van der Waals surface area contributed by atoms with Crippen LogP contribution in [0.5, 0.6) is 11.5 Å². The zero-order valence-electron chi connectivity index (χ0n) is 14.3. The maximum Gasteiger partial charge on any atom is 0.265 e. The lowest BCUT2D eigenvalue weighted by Gasteiger charge is -2.18. The summed E-state index contributed by atoms with van der Waals surface area (Å²) in [6.45, 7) is 8.12. The Balaban J connectivity index is 2.55. The van der Waals surface area contributed by atoms with E-state index >= 15 is 0 Å². The van der Waals surface area contributed by atoms with Gasteiger partial charge in [-0.2, -0.15) is 0 Å². The van der Waals surface area contributed by atoms with Crippen LogP contribution >= 0.6 is 0 Å². The molecule has 2 N–H and O–H groups in total. The number of aryl methyl sites for hydroxylation is 1. The lowest BCUT2D eigenvalue weighted by atomic mass is 9.98. The van der Waals surface area contributed by atoms with E-state index in [2.05, 4.69) is 4.72 Å². The summed E-state index contributed by atoms with van der Waals surface area (Å²) in [7, 11) is -3.90. The predicted octanol–water partition coefficient (Wildman–Crippen LogP) is 4.02. The minimum Gasteiger partial charge on any atom is -0.506 e. The molecular weight excluding hydrogens is 326 g/mol. The zero-order chi connectivity index (χ0) is 17.9. The van der Waals surface area contributed by atoms with Gasteiger partial charge in [-0.05, 0) is 55.2 Å². The molecule has 0 bridgehead atoms. The maximum atomic E-state index is 12.8. The molecule has 0 atom stereocenters. The SMILES string of the molecule is CCOc1cc(C)c(C(C)C)cc1S(=O)(=O)Nc1ccccc1O. The lowest BCUT2D eigenvalue weighted by molar-refractivity contribution is 0.330. The first-order valence-corrected chi connectivity index (χ1v) is 9.32. The lowest BCUT2D eigenvalue weighted by Crippen LogP contribution is -2.15. The molecule has 0 radical (unpaired) electrons. The zero-order valence-corrected chi connectivity index (χ0v) is 15.1. The van der Waals surface area contributed by atoms with Gasteiger partial charge in [-0.25, -0.2) is 8.42 Å². The summed E-state index contributed by atoms with van der Waals surface area (Å²) in [6, 6.07) is 9.60. The van der Waals surface area contributed by atoms with E-state index in [9.17, 15) is 13.5 Å². The normalized spacial score (nSPS) is 11.5. The standard InChI is InChI=1S/C18H23NO4S/c1-5-23-17-10-13(4)14(12(2)3)11-18(17)24(21,22)19-15-8-6-7-9-16(15)20/h6-12,19-20H,5H2,1-4H3. The minimum absolute atomic E-state index is 0.0712. The smallest absolute Gasteiger partial charge is 0.265 e. The molecule has 0 fully saturated rings. The van der Waals surface area contributed by atoms with Crippen molar-refractivity contribution in [2.75, 3.05) is 11.3 Å². The number of phenols is 1. The van der Waals surface area contributed by atoms with Gasteiger partial charge in [0, 0.05) is 0 Å². The second kappa shape index (κ2) is 7.13. The minimum atomic E-state index is -3.90. The highest BCUT2D eigenvalue weighted by atomic mass is 32.2. The molecule has 5 nitrogen and oxygen atoms in total. The Morgan fingerprint density at radius 2 is 1.88 bits per heavy atom. The summed E-state index contributed by atoms with van der Waals surface area (Å²) >= 11 is 0. The number of para-hydroxylation sites is 2. The molecule has 0 saturated carbocycles. The first kappa shape index (κ1) is 18.1. The Labute approximate surface area is 143 Å². The van der Waals surface area contributed by atoms with Crippen molar-refractivity contribution in [3.8, 4) is 11.5 Å². The highest BCUT2D eigenvalue weighted by Gasteiger charge is 2.23. The molecule has 0 aromatic heterocycles. The van der Waals surface area contributed by atoms with Crippen molar-refractivity contribution in [3.05, 3.63) is 47.5 Å². The van der Waals surface area contributed by atoms with Crippen LogP contribution < -0.4 is 9.46 Å². The monoisotopic (exact) mass is 349 g/mol. The van der Waals surface area contributed by atoms with Crippen LogP contribution in [0.1, 0.15) is 37.8 Å². The highest BCUT2D eigenvalue weighted by molar-refractivity contribution is 7.92. The van der Waals surface area contributed by atoms with Crippen molar-refractivity contribution in [2.45, 2.75) is 38.5 Å². The summed E-state index contributed by atoms with van der Waals surface area (Å²) in [4.78, 5) is 0.0712. The van der Waals surface area contributed by atoms with Crippen LogP contribution in [-0.2, 0) is 10.0 Å². The molecule has 2 rings (SSSR count). The van der Waals surface area contributed by atoms with Crippen molar-refractivity contribution in [1.29, 1.82) is 0 Å². The fourth-order valence-electron chi connectivity index (χ4n) is 2.54. The molecule has 0 amide bonds. The third-order valence-corrected chi connectivity index (χ3v) is 5.08. The Morgan fingerprint density at radius 1 is 1.21 bits per heavy atom. The van der Waals surface area contributed by atoms with Crippen LogP contribution in [0.2, 0.25) is 0 Å². The number of rotatable bonds is 6. The molecular formula is C18H23NO4S.